The fourth-order valence-electron chi connectivity index (χ4n) is 1.05. The van der Waals surface area contributed by atoms with Gasteiger partial charge in [0.2, 0.25) is 0 Å². The molecule has 14 heavy (non-hydrogen) atoms. The van der Waals surface area contributed by atoms with Gasteiger partial charge in [-0.05, 0) is 18.4 Å². The largest absolute Gasteiger partial charge is 0.508 e. The molecule has 4 N–H and O–H groups in total. The molecule has 0 heterocycles. The summed E-state index contributed by atoms with van der Waals surface area (Å²) in [6.07, 6.45) is 1.87. The Balaban J connectivity index is 3.05. The zero-order valence-electron chi connectivity index (χ0n) is 7.60. The maximum Gasteiger partial charge on any atom is 0.325 e. The maximum atomic E-state index is 10.6. The van der Waals surface area contributed by atoms with Crippen molar-refractivity contribution >= 4 is 17.7 Å². The summed E-state index contributed by atoms with van der Waals surface area (Å²) in [6.45, 7) is 0. The molecule has 5 heteroatoms. The molecule has 0 amide bonds. The molecule has 0 bridgehead atoms. The number of hydrogen-bond acceptors (Lipinski definition) is 4. The minimum atomic E-state index is -1.18. The van der Waals surface area contributed by atoms with E-state index in [4.69, 9.17) is 10.8 Å². The highest BCUT2D eigenvalue weighted by Gasteiger charge is 2.17. The Morgan fingerprint density at radius 3 is 2.64 bits per heavy atom. The topological polar surface area (TPSA) is 83.6 Å². The van der Waals surface area contributed by atoms with Crippen molar-refractivity contribution in [2.24, 2.45) is 5.73 Å². The molecule has 1 atom stereocenters. The van der Waals surface area contributed by atoms with Crippen molar-refractivity contribution in [2.45, 2.75) is 10.9 Å². The Bertz CT molecular complexity index is 354. The number of carbonyl (C=O) groups is 1. The lowest BCUT2D eigenvalue weighted by Gasteiger charge is -2.09. The number of thioether (sulfide) groups is 1. The van der Waals surface area contributed by atoms with Crippen molar-refractivity contribution in [1.82, 2.24) is 0 Å². The number of benzene rings is 1. The molecule has 76 valence electrons. The molecule has 0 saturated carbocycles. The number of carboxylic acid groups (broad SMARTS) is 1. The molecule has 0 fully saturated rings. The Morgan fingerprint density at radius 1 is 1.57 bits per heavy atom. The summed E-state index contributed by atoms with van der Waals surface area (Å²) in [5.41, 5.74) is 5.60. The second-order valence-electron chi connectivity index (χ2n) is 2.74. The average molecular weight is 213 g/mol. The molecule has 4 nitrogen and oxygen atoms in total. The standard InChI is InChI=1S/C9H11NO3S/c1-14-5-2-3-6(7(11)4-5)8(10)9(12)13/h2-4,8,11H,10H2,1H3,(H,12,13). The van der Waals surface area contributed by atoms with Crippen LogP contribution in [0.25, 0.3) is 0 Å². The van der Waals surface area contributed by atoms with Crippen molar-refractivity contribution in [3.63, 3.8) is 0 Å². The summed E-state index contributed by atoms with van der Waals surface area (Å²) in [4.78, 5) is 11.4. The predicted molar refractivity (Wildman–Crippen MR) is 54.5 cm³/mol. The van der Waals surface area contributed by atoms with E-state index in [1.807, 2.05) is 6.26 Å². The Morgan fingerprint density at radius 2 is 2.21 bits per heavy atom. The van der Waals surface area contributed by atoms with E-state index in [9.17, 15) is 9.90 Å². The number of rotatable bonds is 3. The lowest BCUT2D eigenvalue weighted by atomic mass is 10.1. The quantitative estimate of drug-likeness (QED) is 0.657. The van der Waals surface area contributed by atoms with Crippen LogP contribution in [0, 0.1) is 0 Å². The Kier molecular flexibility index (Phi) is 3.38. The zero-order chi connectivity index (χ0) is 10.7. The SMILES string of the molecule is CSc1ccc(C(N)C(=O)O)c(O)c1. The number of phenols is 1. The summed E-state index contributed by atoms with van der Waals surface area (Å²) in [6, 6.07) is 3.58. The molecular weight excluding hydrogens is 202 g/mol. The molecule has 0 spiro atoms. The van der Waals surface area contributed by atoms with E-state index >= 15 is 0 Å². The van der Waals surface area contributed by atoms with Gasteiger partial charge in [-0.3, -0.25) is 4.79 Å². The van der Waals surface area contributed by atoms with Crippen LogP contribution in [-0.2, 0) is 4.79 Å². The van der Waals surface area contributed by atoms with Crippen LogP contribution in [0.15, 0.2) is 23.1 Å². The van der Waals surface area contributed by atoms with Crippen molar-refractivity contribution < 1.29 is 15.0 Å². The summed E-state index contributed by atoms with van der Waals surface area (Å²) in [7, 11) is 0. The number of aromatic hydroxyl groups is 1. The van der Waals surface area contributed by atoms with Crippen molar-refractivity contribution in [3.8, 4) is 5.75 Å². The van der Waals surface area contributed by atoms with E-state index in [0.29, 0.717) is 0 Å². The second-order valence-corrected chi connectivity index (χ2v) is 3.62. The van der Waals surface area contributed by atoms with E-state index in [-0.39, 0.29) is 11.3 Å². The van der Waals surface area contributed by atoms with Crippen LogP contribution >= 0.6 is 11.8 Å². The lowest BCUT2D eigenvalue weighted by Crippen LogP contribution is -2.20. The van der Waals surface area contributed by atoms with Gasteiger partial charge in [0, 0.05) is 10.5 Å². The molecular formula is C9H11NO3S. The summed E-state index contributed by atoms with van der Waals surface area (Å²) < 4.78 is 0. The van der Waals surface area contributed by atoms with Crippen LogP contribution in [0.1, 0.15) is 11.6 Å². The van der Waals surface area contributed by atoms with E-state index in [2.05, 4.69) is 0 Å². The van der Waals surface area contributed by atoms with Gasteiger partial charge in [0.25, 0.3) is 0 Å². The van der Waals surface area contributed by atoms with Crippen LogP contribution < -0.4 is 5.73 Å². The predicted octanol–water partition coefficient (Wildman–Crippen LogP) is 1.20. The van der Waals surface area contributed by atoms with Gasteiger partial charge in [0.15, 0.2) is 0 Å². The third-order valence-electron chi connectivity index (χ3n) is 1.84. The Labute approximate surface area is 85.7 Å². The third-order valence-corrected chi connectivity index (χ3v) is 2.56. The average Bonchev–Trinajstić information content (AvgIpc) is 2.16. The minimum Gasteiger partial charge on any atom is -0.508 e. The van der Waals surface area contributed by atoms with Crippen LogP contribution in [0.5, 0.6) is 5.75 Å². The number of nitrogens with two attached hydrogens (primary N) is 1. The van der Waals surface area contributed by atoms with Gasteiger partial charge in [-0.15, -0.1) is 11.8 Å². The summed E-state index contributed by atoms with van der Waals surface area (Å²) in [5, 5.41) is 18.1. The van der Waals surface area contributed by atoms with E-state index in [1.54, 1.807) is 6.07 Å². The molecule has 1 unspecified atom stereocenters. The van der Waals surface area contributed by atoms with Gasteiger partial charge < -0.3 is 15.9 Å². The fourth-order valence-corrected chi connectivity index (χ4v) is 1.48. The van der Waals surface area contributed by atoms with Gasteiger partial charge in [-0.25, -0.2) is 0 Å². The summed E-state index contributed by atoms with van der Waals surface area (Å²) >= 11 is 1.46. The minimum absolute atomic E-state index is 0.0771. The van der Waals surface area contributed by atoms with Crippen LogP contribution in [0.4, 0.5) is 0 Å². The molecule has 0 aliphatic carbocycles. The molecule has 0 saturated heterocycles. The smallest absolute Gasteiger partial charge is 0.325 e. The molecule has 1 aromatic carbocycles. The number of carboxylic acids is 1. The lowest BCUT2D eigenvalue weighted by molar-refractivity contribution is -0.138. The van der Waals surface area contributed by atoms with Gasteiger partial charge in [0.1, 0.15) is 11.8 Å². The first-order valence-corrected chi connectivity index (χ1v) is 5.14. The summed E-state index contributed by atoms with van der Waals surface area (Å²) in [5.74, 6) is -1.23. The number of aliphatic carboxylic acids is 1. The van der Waals surface area contributed by atoms with Gasteiger partial charge in [-0.1, -0.05) is 6.07 Å². The monoisotopic (exact) mass is 213 g/mol. The van der Waals surface area contributed by atoms with Gasteiger partial charge in [0.05, 0.1) is 0 Å². The maximum absolute atomic E-state index is 10.6. The van der Waals surface area contributed by atoms with E-state index < -0.39 is 12.0 Å². The Hall–Kier alpha value is -1.20. The van der Waals surface area contributed by atoms with E-state index in [0.717, 1.165) is 4.90 Å². The molecule has 1 aromatic rings. The fraction of sp³-hybridized carbons (Fsp3) is 0.222. The number of hydrogen-bond donors (Lipinski definition) is 3. The van der Waals surface area contributed by atoms with Crippen LogP contribution in [-0.4, -0.2) is 22.4 Å². The van der Waals surface area contributed by atoms with Crippen molar-refractivity contribution in [1.29, 1.82) is 0 Å². The zero-order valence-corrected chi connectivity index (χ0v) is 8.41. The van der Waals surface area contributed by atoms with Crippen LogP contribution in [0.2, 0.25) is 0 Å². The van der Waals surface area contributed by atoms with Crippen molar-refractivity contribution in [3.05, 3.63) is 23.8 Å². The van der Waals surface area contributed by atoms with Crippen molar-refractivity contribution in [2.75, 3.05) is 6.26 Å². The third kappa shape index (κ3) is 2.18. The first-order chi connectivity index (χ1) is 6.56. The molecule has 0 aliphatic heterocycles. The van der Waals surface area contributed by atoms with Gasteiger partial charge in [-0.2, -0.15) is 0 Å². The molecule has 0 aliphatic rings. The van der Waals surface area contributed by atoms with Crippen LogP contribution in [0.3, 0.4) is 0 Å². The molecule has 0 radical (unpaired) electrons. The molecule has 1 rings (SSSR count). The highest BCUT2D eigenvalue weighted by molar-refractivity contribution is 7.98. The van der Waals surface area contributed by atoms with Gasteiger partial charge >= 0.3 is 5.97 Å². The highest BCUT2D eigenvalue weighted by Crippen LogP contribution is 2.27. The molecule has 0 aromatic heterocycles. The number of phenolic OH excluding ortho intramolecular Hbond substituents is 1. The highest BCUT2D eigenvalue weighted by atomic mass is 32.2. The first kappa shape index (κ1) is 10.9. The normalized spacial score (nSPS) is 12.4. The first-order valence-electron chi connectivity index (χ1n) is 3.91. The van der Waals surface area contributed by atoms with E-state index in [1.165, 1.54) is 23.9 Å². The second kappa shape index (κ2) is 4.34.